The van der Waals surface area contributed by atoms with E-state index in [0.29, 0.717) is 25.4 Å². The number of likely N-dealkylation sites (N-methyl/N-ethyl adjacent to an activating group) is 1. The van der Waals surface area contributed by atoms with Crippen molar-refractivity contribution in [1.29, 1.82) is 0 Å². The van der Waals surface area contributed by atoms with Crippen LogP contribution >= 0.6 is 0 Å². The Labute approximate surface area is 175 Å². The van der Waals surface area contributed by atoms with Gasteiger partial charge < -0.3 is 24.8 Å². The number of imidazole rings is 1. The van der Waals surface area contributed by atoms with Gasteiger partial charge in [0, 0.05) is 45.1 Å². The van der Waals surface area contributed by atoms with Gasteiger partial charge in [-0.2, -0.15) is 0 Å². The number of anilines is 1. The van der Waals surface area contributed by atoms with Gasteiger partial charge in [0.2, 0.25) is 17.8 Å². The number of hydrogen-bond acceptors (Lipinski definition) is 5. The number of carbonyl (C=O) groups excluding carboxylic acids is 2. The first kappa shape index (κ1) is 19.4. The van der Waals surface area contributed by atoms with Crippen molar-refractivity contribution in [2.24, 2.45) is 11.8 Å². The van der Waals surface area contributed by atoms with E-state index in [-0.39, 0.29) is 30.4 Å². The number of hydrogen-bond donors (Lipinski definition) is 2. The monoisotopic (exact) mass is 411 g/mol. The fraction of sp³-hybridized carbons (Fsp3) is 0.591. The molecule has 2 bridgehead atoms. The number of carbonyl (C=O) groups is 2. The van der Waals surface area contributed by atoms with Gasteiger partial charge in [-0.15, -0.1) is 0 Å². The SMILES string of the molecule is CNC(=O)[C@H]1[C@H]2C[C@H](CN(c3nc4ccccc4n3CCO)C2)[C@@H]2CCCC(=O)N21. The highest BCUT2D eigenvalue weighted by atomic mass is 16.3. The number of aromatic nitrogens is 2. The Bertz CT molecular complexity index is 973. The van der Waals surface area contributed by atoms with Crippen molar-refractivity contribution in [3.05, 3.63) is 24.3 Å². The molecule has 3 aliphatic heterocycles. The maximum absolute atomic E-state index is 12.8. The van der Waals surface area contributed by atoms with E-state index < -0.39 is 6.04 Å². The second-order valence-electron chi connectivity index (χ2n) is 8.76. The number of amides is 2. The number of fused-ring (bicyclic) bond motifs is 5. The van der Waals surface area contributed by atoms with Gasteiger partial charge in [0.15, 0.2) is 0 Å². The van der Waals surface area contributed by atoms with E-state index in [0.717, 1.165) is 42.8 Å². The van der Waals surface area contributed by atoms with E-state index in [1.54, 1.807) is 7.05 Å². The Hall–Kier alpha value is -2.61. The number of aliphatic hydroxyl groups is 1. The highest BCUT2D eigenvalue weighted by molar-refractivity contribution is 5.89. The number of para-hydroxylation sites is 2. The molecule has 0 saturated carbocycles. The van der Waals surface area contributed by atoms with Gasteiger partial charge >= 0.3 is 0 Å². The zero-order valence-corrected chi connectivity index (χ0v) is 17.3. The summed E-state index contributed by atoms with van der Waals surface area (Å²) in [6.45, 7) is 2.02. The molecule has 160 valence electrons. The van der Waals surface area contributed by atoms with E-state index in [1.165, 1.54) is 0 Å². The lowest BCUT2D eigenvalue weighted by Crippen LogP contribution is -2.68. The number of piperidine rings is 3. The average Bonchev–Trinajstić information content (AvgIpc) is 3.13. The summed E-state index contributed by atoms with van der Waals surface area (Å²) in [5, 5.41) is 12.4. The fourth-order valence-corrected chi connectivity index (χ4v) is 5.93. The van der Waals surface area contributed by atoms with Crippen LogP contribution in [-0.4, -0.2) is 70.2 Å². The van der Waals surface area contributed by atoms with E-state index in [2.05, 4.69) is 14.8 Å². The molecule has 4 heterocycles. The van der Waals surface area contributed by atoms with Crippen LogP contribution in [0.2, 0.25) is 0 Å². The van der Waals surface area contributed by atoms with Gasteiger partial charge in [0.1, 0.15) is 6.04 Å². The van der Waals surface area contributed by atoms with Crippen LogP contribution in [-0.2, 0) is 16.1 Å². The first-order valence-corrected chi connectivity index (χ1v) is 11.0. The van der Waals surface area contributed by atoms with Gasteiger partial charge in [-0.1, -0.05) is 12.1 Å². The number of aliphatic hydroxyl groups excluding tert-OH is 1. The van der Waals surface area contributed by atoms with Crippen LogP contribution < -0.4 is 10.2 Å². The summed E-state index contributed by atoms with van der Waals surface area (Å²) in [7, 11) is 1.65. The number of nitrogens with zero attached hydrogens (tertiary/aromatic N) is 4. The van der Waals surface area contributed by atoms with Gasteiger partial charge in [-0.25, -0.2) is 4.98 Å². The molecule has 8 heteroatoms. The standard InChI is InChI=1S/C22H29N5O3/c1-23-21(30)20-15-11-14(17-7-4-8-19(29)27(17)20)12-25(13-15)22-24-16-5-2-3-6-18(16)26(22)9-10-28/h2-3,5-6,14-15,17,20,28H,4,7-13H2,1H3,(H,23,30)/t14-,15+,17+,20-/m1/s1. The van der Waals surface area contributed by atoms with E-state index >= 15 is 0 Å². The number of nitrogens with one attached hydrogen (secondary N) is 1. The molecule has 3 fully saturated rings. The largest absolute Gasteiger partial charge is 0.395 e. The van der Waals surface area contributed by atoms with E-state index in [4.69, 9.17) is 4.98 Å². The molecule has 2 N–H and O–H groups in total. The van der Waals surface area contributed by atoms with Crippen molar-refractivity contribution in [3.8, 4) is 0 Å². The Balaban J connectivity index is 1.54. The molecule has 2 amide bonds. The van der Waals surface area contributed by atoms with Crippen molar-refractivity contribution >= 4 is 28.8 Å². The molecule has 0 aliphatic carbocycles. The number of benzene rings is 1. The van der Waals surface area contributed by atoms with Crippen LogP contribution in [0.4, 0.5) is 5.95 Å². The molecule has 1 aromatic carbocycles. The molecular formula is C22H29N5O3. The molecule has 8 nitrogen and oxygen atoms in total. The summed E-state index contributed by atoms with van der Waals surface area (Å²) < 4.78 is 2.08. The molecule has 30 heavy (non-hydrogen) atoms. The molecule has 3 aliphatic rings. The molecule has 0 unspecified atom stereocenters. The predicted octanol–water partition coefficient (Wildman–Crippen LogP) is 0.980. The van der Waals surface area contributed by atoms with Crippen molar-refractivity contribution < 1.29 is 14.7 Å². The molecule has 4 atom stereocenters. The van der Waals surface area contributed by atoms with Gasteiger partial charge in [-0.05, 0) is 37.3 Å². The van der Waals surface area contributed by atoms with Crippen LogP contribution in [0.5, 0.6) is 0 Å². The van der Waals surface area contributed by atoms with Gasteiger partial charge in [-0.3, -0.25) is 9.59 Å². The second-order valence-corrected chi connectivity index (χ2v) is 8.76. The van der Waals surface area contributed by atoms with Gasteiger partial charge in [0.25, 0.3) is 0 Å². The first-order valence-electron chi connectivity index (χ1n) is 11.0. The normalized spacial score (nSPS) is 28.5. The van der Waals surface area contributed by atoms with Gasteiger partial charge in [0.05, 0.1) is 17.6 Å². The smallest absolute Gasteiger partial charge is 0.242 e. The maximum atomic E-state index is 12.8. The Morgan fingerprint density at radius 3 is 2.87 bits per heavy atom. The average molecular weight is 412 g/mol. The Morgan fingerprint density at radius 1 is 1.27 bits per heavy atom. The lowest BCUT2D eigenvalue weighted by molar-refractivity contribution is -0.156. The Kier molecular flexibility index (Phi) is 4.89. The quantitative estimate of drug-likeness (QED) is 0.783. The highest BCUT2D eigenvalue weighted by Crippen LogP contribution is 2.42. The van der Waals surface area contributed by atoms with Crippen LogP contribution in [0.15, 0.2) is 24.3 Å². The van der Waals surface area contributed by atoms with Crippen LogP contribution in [0.25, 0.3) is 11.0 Å². The minimum absolute atomic E-state index is 0.0415. The van der Waals surface area contributed by atoms with E-state index in [9.17, 15) is 14.7 Å². The van der Waals surface area contributed by atoms with Crippen molar-refractivity contribution in [2.45, 2.75) is 44.3 Å². The number of rotatable bonds is 4. The summed E-state index contributed by atoms with van der Waals surface area (Å²) in [4.78, 5) is 34.7. The lowest BCUT2D eigenvalue weighted by Gasteiger charge is -2.55. The molecule has 1 aromatic heterocycles. The van der Waals surface area contributed by atoms with Crippen molar-refractivity contribution in [2.75, 3.05) is 31.6 Å². The minimum Gasteiger partial charge on any atom is -0.395 e. The second kappa shape index (κ2) is 7.58. The molecule has 0 spiro atoms. The zero-order chi connectivity index (χ0) is 20.8. The van der Waals surface area contributed by atoms with Crippen LogP contribution in [0.1, 0.15) is 25.7 Å². The molecule has 0 radical (unpaired) electrons. The first-order chi connectivity index (χ1) is 14.6. The summed E-state index contributed by atoms with van der Waals surface area (Å²) in [6.07, 6.45) is 3.35. The van der Waals surface area contributed by atoms with Crippen LogP contribution in [0.3, 0.4) is 0 Å². The lowest BCUT2D eigenvalue weighted by atomic mass is 9.72. The molecule has 3 saturated heterocycles. The zero-order valence-electron chi connectivity index (χ0n) is 17.3. The summed E-state index contributed by atoms with van der Waals surface area (Å²) in [6, 6.07) is 7.68. The third-order valence-corrected chi connectivity index (χ3v) is 7.10. The summed E-state index contributed by atoms with van der Waals surface area (Å²) in [5.74, 6) is 1.31. The van der Waals surface area contributed by atoms with Crippen molar-refractivity contribution in [3.63, 3.8) is 0 Å². The highest BCUT2D eigenvalue weighted by Gasteiger charge is 2.52. The fourth-order valence-electron chi connectivity index (χ4n) is 5.93. The predicted molar refractivity (Wildman–Crippen MR) is 113 cm³/mol. The third kappa shape index (κ3) is 2.96. The summed E-state index contributed by atoms with van der Waals surface area (Å²) in [5.41, 5.74) is 1.92. The third-order valence-electron chi connectivity index (χ3n) is 7.10. The molecular weight excluding hydrogens is 382 g/mol. The Morgan fingerprint density at radius 2 is 2.07 bits per heavy atom. The topological polar surface area (TPSA) is 90.7 Å². The summed E-state index contributed by atoms with van der Waals surface area (Å²) >= 11 is 0. The minimum atomic E-state index is -0.414. The van der Waals surface area contributed by atoms with Crippen molar-refractivity contribution in [1.82, 2.24) is 19.8 Å². The molecule has 5 rings (SSSR count). The van der Waals surface area contributed by atoms with Crippen LogP contribution in [0, 0.1) is 11.8 Å². The molecule has 2 aromatic rings. The van der Waals surface area contributed by atoms with E-state index in [1.807, 2.05) is 29.2 Å². The maximum Gasteiger partial charge on any atom is 0.242 e.